The van der Waals surface area contributed by atoms with Gasteiger partial charge in [-0.2, -0.15) is 5.01 Å². The summed E-state index contributed by atoms with van der Waals surface area (Å²) in [7, 11) is 0. The molecule has 0 bridgehead atoms. The van der Waals surface area contributed by atoms with E-state index in [0.29, 0.717) is 43.2 Å². The van der Waals surface area contributed by atoms with Crippen molar-refractivity contribution in [3.05, 3.63) is 60.2 Å². The van der Waals surface area contributed by atoms with Crippen LogP contribution in [0.1, 0.15) is 12.5 Å². The van der Waals surface area contributed by atoms with E-state index < -0.39 is 29.5 Å². The molecule has 2 atom stereocenters. The monoisotopic (exact) mass is 493 g/mol. The molecule has 2 saturated heterocycles. The number of nitrogens with one attached hydrogen (secondary N) is 2. The van der Waals surface area contributed by atoms with Crippen LogP contribution in [0.15, 0.2) is 54.6 Å². The van der Waals surface area contributed by atoms with E-state index in [-0.39, 0.29) is 19.1 Å². The number of rotatable bonds is 5. The summed E-state index contributed by atoms with van der Waals surface area (Å²) in [6.07, 6.45) is -0.714. The van der Waals surface area contributed by atoms with Gasteiger partial charge in [-0.05, 0) is 24.6 Å². The molecule has 3 aliphatic heterocycles. The second kappa shape index (κ2) is 9.50. The highest BCUT2D eigenvalue weighted by Crippen LogP contribution is 2.31. The van der Waals surface area contributed by atoms with Crippen LogP contribution in [0.5, 0.6) is 11.5 Å². The largest absolute Gasteiger partial charge is 0.485 e. The van der Waals surface area contributed by atoms with Crippen LogP contribution >= 0.6 is 0 Å². The number of urea groups is 1. The molecule has 0 spiro atoms. The molecule has 188 valence electrons. The van der Waals surface area contributed by atoms with Crippen LogP contribution in [0.2, 0.25) is 0 Å². The van der Waals surface area contributed by atoms with Crippen molar-refractivity contribution in [3.8, 4) is 11.5 Å². The quantitative estimate of drug-likeness (QED) is 0.581. The summed E-state index contributed by atoms with van der Waals surface area (Å²) in [5.74, 6) is -0.0454. The lowest BCUT2D eigenvalue weighted by Crippen LogP contribution is -2.56. The highest BCUT2D eigenvalue weighted by Gasteiger charge is 2.50. The fourth-order valence-corrected chi connectivity index (χ4v) is 4.54. The van der Waals surface area contributed by atoms with Gasteiger partial charge >= 0.3 is 6.03 Å². The number of carbonyl (C=O) groups excluding carboxylic acids is 4. The van der Waals surface area contributed by atoms with Crippen LogP contribution in [-0.4, -0.2) is 84.0 Å². The van der Waals surface area contributed by atoms with Gasteiger partial charge < -0.3 is 19.7 Å². The number of ether oxygens (including phenoxy) is 2. The van der Waals surface area contributed by atoms with Crippen molar-refractivity contribution in [2.45, 2.75) is 18.6 Å². The number of imide groups is 1. The molecule has 36 heavy (non-hydrogen) atoms. The van der Waals surface area contributed by atoms with Crippen LogP contribution < -0.4 is 20.2 Å². The molecule has 0 aromatic heterocycles. The minimum absolute atomic E-state index is 0.0163. The first-order valence-electron chi connectivity index (χ1n) is 11.8. The van der Waals surface area contributed by atoms with Crippen LogP contribution in [0.4, 0.5) is 4.79 Å². The van der Waals surface area contributed by atoms with Crippen LogP contribution in [0, 0.1) is 0 Å². The first-order chi connectivity index (χ1) is 17.3. The predicted octanol–water partition coefficient (Wildman–Crippen LogP) is 0.469. The van der Waals surface area contributed by atoms with E-state index in [1.807, 2.05) is 23.1 Å². The van der Waals surface area contributed by atoms with E-state index in [0.717, 1.165) is 5.01 Å². The molecule has 5 rings (SSSR count). The Morgan fingerprint density at radius 2 is 1.67 bits per heavy atom. The maximum Gasteiger partial charge on any atom is 0.344 e. The number of hydrogen-bond acceptors (Lipinski definition) is 7. The van der Waals surface area contributed by atoms with Gasteiger partial charge in [-0.3, -0.25) is 24.7 Å². The van der Waals surface area contributed by atoms with Gasteiger partial charge in [0.15, 0.2) is 11.5 Å². The minimum Gasteiger partial charge on any atom is -0.485 e. The number of hydrogen-bond donors (Lipinski definition) is 2. The van der Waals surface area contributed by atoms with E-state index in [9.17, 15) is 19.2 Å². The Bertz CT molecular complexity index is 1180. The first kappa shape index (κ1) is 23.6. The Morgan fingerprint density at radius 3 is 2.39 bits per heavy atom. The molecule has 2 aromatic rings. The average molecular weight is 494 g/mol. The van der Waals surface area contributed by atoms with Crippen molar-refractivity contribution in [2.24, 2.45) is 0 Å². The molecule has 0 unspecified atom stereocenters. The molecule has 2 fully saturated rings. The molecule has 3 heterocycles. The summed E-state index contributed by atoms with van der Waals surface area (Å²) < 4.78 is 11.5. The number of hydrazine groups is 1. The Morgan fingerprint density at radius 1 is 1.00 bits per heavy atom. The summed E-state index contributed by atoms with van der Waals surface area (Å²) in [6, 6.07) is 15.4. The fourth-order valence-electron chi connectivity index (χ4n) is 4.54. The van der Waals surface area contributed by atoms with E-state index in [1.165, 1.54) is 0 Å². The zero-order chi connectivity index (χ0) is 25.3. The predicted molar refractivity (Wildman–Crippen MR) is 127 cm³/mol. The Labute approximate surface area is 207 Å². The van der Waals surface area contributed by atoms with Gasteiger partial charge in [-0.1, -0.05) is 42.5 Å². The topological polar surface area (TPSA) is 121 Å². The lowest BCUT2D eigenvalue weighted by molar-refractivity contribution is -0.144. The Balaban J connectivity index is 1.11. The minimum atomic E-state index is -1.26. The van der Waals surface area contributed by atoms with Gasteiger partial charge in [0, 0.05) is 26.2 Å². The number of nitrogens with zero attached hydrogens (tertiary/aromatic N) is 3. The molecule has 5 amide bonds. The van der Waals surface area contributed by atoms with Crippen LogP contribution in [-0.2, 0) is 19.9 Å². The van der Waals surface area contributed by atoms with E-state index in [4.69, 9.17) is 9.47 Å². The molecule has 3 aliphatic rings. The van der Waals surface area contributed by atoms with Gasteiger partial charge in [0.2, 0.25) is 6.10 Å². The summed E-state index contributed by atoms with van der Waals surface area (Å²) >= 11 is 0. The zero-order valence-electron chi connectivity index (χ0n) is 19.8. The smallest absolute Gasteiger partial charge is 0.344 e. The molecule has 0 aliphatic carbocycles. The number of benzene rings is 2. The first-order valence-corrected chi connectivity index (χ1v) is 11.8. The van der Waals surface area contributed by atoms with Crippen LogP contribution in [0.25, 0.3) is 0 Å². The van der Waals surface area contributed by atoms with Gasteiger partial charge in [-0.25, -0.2) is 4.79 Å². The van der Waals surface area contributed by atoms with Crippen molar-refractivity contribution in [1.29, 1.82) is 0 Å². The number of piperazine rings is 1. The third-order valence-corrected chi connectivity index (χ3v) is 6.61. The molecular formula is C25H27N5O6. The fraction of sp³-hybridized carbons (Fsp3) is 0.360. The van der Waals surface area contributed by atoms with Gasteiger partial charge in [0.25, 0.3) is 17.7 Å². The highest BCUT2D eigenvalue weighted by molar-refractivity contribution is 6.08. The molecule has 0 saturated carbocycles. The van der Waals surface area contributed by atoms with E-state index in [2.05, 4.69) is 10.7 Å². The second-order valence-corrected chi connectivity index (χ2v) is 9.06. The third-order valence-electron chi connectivity index (χ3n) is 6.61. The summed E-state index contributed by atoms with van der Waals surface area (Å²) in [5.41, 5.74) is 1.78. The van der Waals surface area contributed by atoms with Crippen molar-refractivity contribution in [3.63, 3.8) is 0 Å². The number of carbonyl (C=O) groups is 4. The lowest BCUT2D eigenvalue weighted by atomic mass is 9.92. The zero-order valence-corrected chi connectivity index (χ0v) is 19.8. The molecule has 11 heteroatoms. The SMILES string of the molecule is C[C@]1(c2ccccc2)NC(=O)N(NC(=O)CN2CCN(C(=O)[C@@H]3COc4ccccc4O3)CC2)C1=O. The van der Waals surface area contributed by atoms with E-state index >= 15 is 0 Å². The van der Waals surface area contributed by atoms with Gasteiger partial charge in [0.1, 0.15) is 12.1 Å². The molecule has 2 N–H and O–H groups in total. The molecule has 0 radical (unpaired) electrons. The van der Waals surface area contributed by atoms with Crippen molar-refractivity contribution in [2.75, 3.05) is 39.3 Å². The molecular weight excluding hydrogens is 466 g/mol. The molecule has 2 aromatic carbocycles. The standard InChI is InChI=1S/C25H27N5O6/c1-25(17-7-3-2-4-8-17)23(33)30(24(34)26-25)27-21(31)15-28-11-13-29(14-12-28)22(32)20-16-35-18-9-5-6-10-19(18)36-20/h2-10,20H,11-16H2,1H3,(H,26,34)(H,27,31)/t20-,25+/m0/s1. The normalized spacial score (nSPS) is 23.9. The maximum absolute atomic E-state index is 13.0. The average Bonchev–Trinajstić information content (AvgIpc) is 3.12. The van der Waals surface area contributed by atoms with Gasteiger partial charge in [-0.15, -0.1) is 0 Å². The molecule has 11 nitrogen and oxygen atoms in total. The van der Waals surface area contributed by atoms with Crippen molar-refractivity contribution < 1.29 is 28.7 Å². The van der Waals surface area contributed by atoms with Crippen molar-refractivity contribution >= 4 is 23.8 Å². The number of para-hydroxylation sites is 2. The third kappa shape index (κ3) is 4.44. The summed E-state index contributed by atoms with van der Waals surface area (Å²) in [6.45, 7) is 3.50. The maximum atomic E-state index is 13.0. The summed E-state index contributed by atoms with van der Waals surface area (Å²) in [4.78, 5) is 54.5. The van der Waals surface area contributed by atoms with E-state index in [1.54, 1.807) is 48.2 Å². The Hall–Kier alpha value is -4.12. The summed E-state index contributed by atoms with van der Waals surface area (Å²) in [5, 5.41) is 3.38. The lowest BCUT2D eigenvalue weighted by Gasteiger charge is -2.37. The Kier molecular flexibility index (Phi) is 6.23. The van der Waals surface area contributed by atoms with Crippen LogP contribution in [0.3, 0.4) is 0 Å². The second-order valence-electron chi connectivity index (χ2n) is 9.06. The van der Waals surface area contributed by atoms with Gasteiger partial charge in [0.05, 0.1) is 6.54 Å². The number of amides is 5. The highest BCUT2D eigenvalue weighted by atomic mass is 16.6. The van der Waals surface area contributed by atoms with Crippen molar-refractivity contribution in [1.82, 2.24) is 25.6 Å². The number of fused-ring (bicyclic) bond motifs is 1.